The number of aryl methyl sites for hydroxylation is 1. The molecule has 94 valence electrons. The average molecular weight is 235 g/mol. The number of hydrogen-bond acceptors (Lipinski definition) is 3. The van der Waals surface area contributed by atoms with Crippen molar-refractivity contribution in [2.75, 3.05) is 13.2 Å². The second kappa shape index (κ2) is 5.07. The van der Waals surface area contributed by atoms with Gasteiger partial charge >= 0.3 is 0 Å². The first-order valence-electron chi connectivity index (χ1n) is 6.26. The molecule has 1 aliphatic rings. The molecule has 0 aliphatic carbocycles. The van der Waals surface area contributed by atoms with Gasteiger partial charge in [0.15, 0.2) is 0 Å². The maximum atomic E-state index is 9.38. The van der Waals surface area contributed by atoms with Gasteiger partial charge in [-0.1, -0.05) is 6.07 Å². The SMILES string of the molecule is Cc1cc2c(cc1OC(C)C)C(CO)NCC2. The normalized spacial score (nSPS) is 19.2. The van der Waals surface area contributed by atoms with Gasteiger partial charge in [-0.05, 0) is 56.5 Å². The molecule has 3 nitrogen and oxygen atoms in total. The number of nitrogens with one attached hydrogen (secondary N) is 1. The van der Waals surface area contributed by atoms with Gasteiger partial charge < -0.3 is 15.2 Å². The Balaban J connectivity index is 2.37. The van der Waals surface area contributed by atoms with E-state index in [0.29, 0.717) is 0 Å². The zero-order valence-corrected chi connectivity index (χ0v) is 10.8. The van der Waals surface area contributed by atoms with Gasteiger partial charge in [0, 0.05) is 0 Å². The summed E-state index contributed by atoms with van der Waals surface area (Å²) in [6.45, 7) is 7.20. The van der Waals surface area contributed by atoms with Crippen LogP contribution in [0, 0.1) is 6.92 Å². The van der Waals surface area contributed by atoms with Crippen LogP contribution in [0.25, 0.3) is 0 Å². The van der Waals surface area contributed by atoms with E-state index in [9.17, 15) is 5.11 Å². The molecule has 0 fully saturated rings. The van der Waals surface area contributed by atoms with Crippen LogP contribution < -0.4 is 10.1 Å². The third-order valence-electron chi connectivity index (χ3n) is 3.14. The average Bonchev–Trinajstić information content (AvgIpc) is 2.28. The Bertz CT molecular complexity index is 401. The lowest BCUT2D eigenvalue weighted by Gasteiger charge is -2.27. The minimum Gasteiger partial charge on any atom is -0.491 e. The van der Waals surface area contributed by atoms with Crippen molar-refractivity contribution >= 4 is 0 Å². The van der Waals surface area contributed by atoms with Crippen molar-refractivity contribution in [3.63, 3.8) is 0 Å². The minimum atomic E-state index is 0.0499. The molecule has 1 atom stereocenters. The molecule has 0 amide bonds. The maximum Gasteiger partial charge on any atom is 0.122 e. The number of aliphatic hydroxyl groups is 1. The largest absolute Gasteiger partial charge is 0.491 e. The first-order chi connectivity index (χ1) is 8.11. The van der Waals surface area contributed by atoms with Crippen molar-refractivity contribution in [1.82, 2.24) is 5.32 Å². The molecule has 0 aromatic heterocycles. The van der Waals surface area contributed by atoms with Gasteiger partial charge in [0.25, 0.3) is 0 Å². The molecule has 0 saturated heterocycles. The molecule has 1 aromatic rings. The van der Waals surface area contributed by atoms with Crippen LogP contribution in [-0.2, 0) is 6.42 Å². The Kier molecular flexibility index (Phi) is 3.69. The van der Waals surface area contributed by atoms with E-state index in [-0.39, 0.29) is 18.8 Å². The summed E-state index contributed by atoms with van der Waals surface area (Å²) < 4.78 is 5.79. The van der Waals surface area contributed by atoms with Crippen molar-refractivity contribution in [1.29, 1.82) is 0 Å². The van der Waals surface area contributed by atoms with Crippen LogP contribution in [0.5, 0.6) is 5.75 Å². The molecule has 0 radical (unpaired) electrons. The molecule has 0 spiro atoms. The smallest absolute Gasteiger partial charge is 0.122 e. The molecule has 0 saturated carbocycles. The zero-order chi connectivity index (χ0) is 12.4. The van der Waals surface area contributed by atoms with Gasteiger partial charge in [-0.25, -0.2) is 0 Å². The van der Waals surface area contributed by atoms with Gasteiger partial charge in [0.05, 0.1) is 18.8 Å². The second-order valence-corrected chi connectivity index (χ2v) is 4.92. The molecular weight excluding hydrogens is 214 g/mol. The predicted molar refractivity (Wildman–Crippen MR) is 68.5 cm³/mol. The number of rotatable bonds is 3. The van der Waals surface area contributed by atoms with Crippen LogP contribution in [0.2, 0.25) is 0 Å². The summed E-state index contributed by atoms with van der Waals surface area (Å²) in [7, 11) is 0. The monoisotopic (exact) mass is 235 g/mol. The molecule has 3 heteroatoms. The van der Waals surface area contributed by atoms with Crippen molar-refractivity contribution in [2.45, 2.75) is 39.3 Å². The lowest BCUT2D eigenvalue weighted by molar-refractivity contribution is 0.232. The van der Waals surface area contributed by atoms with E-state index in [4.69, 9.17) is 4.74 Å². The molecule has 1 aliphatic heterocycles. The summed E-state index contributed by atoms with van der Waals surface area (Å²) in [5.74, 6) is 0.931. The molecule has 17 heavy (non-hydrogen) atoms. The summed E-state index contributed by atoms with van der Waals surface area (Å²) >= 11 is 0. The highest BCUT2D eigenvalue weighted by Gasteiger charge is 2.20. The number of benzene rings is 1. The lowest BCUT2D eigenvalue weighted by Crippen LogP contribution is -2.32. The zero-order valence-electron chi connectivity index (χ0n) is 10.8. The first-order valence-corrected chi connectivity index (χ1v) is 6.26. The van der Waals surface area contributed by atoms with Gasteiger partial charge in [0.1, 0.15) is 5.75 Å². The number of hydrogen-bond donors (Lipinski definition) is 2. The fourth-order valence-electron chi connectivity index (χ4n) is 2.34. The van der Waals surface area contributed by atoms with Crippen molar-refractivity contribution < 1.29 is 9.84 Å². The van der Waals surface area contributed by atoms with Crippen LogP contribution in [0.15, 0.2) is 12.1 Å². The topological polar surface area (TPSA) is 41.5 Å². The number of fused-ring (bicyclic) bond motifs is 1. The van der Waals surface area contributed by atoms with Gasteiger partial charge in [-0.2, -0.15) is 0 Å². The van der Waals surface area contributed by atoms with E-state index < -0.39 is 0 Å². The fraction of sp³-hybridized carbons (Fsp3) is 0.571. The quantitative estimate of drug-likeness (QED) is 0.841. The molecule has 2 rings (SSSR count). The Morgan fingerprint density at radius 2 is 2.24 bits per heavy atom. The van der Waals surface area contributed by atoms with E-state index in [1.54, 1.807) is 0 Å². The minimum absolute atomic E-state index is 0.0499. The second-order valence-electron chi connectivity index (χ2n) is 4.92. The van der Waals surface area contributed by atoms with E-state index in [0.717, 1.165) is 18.7 Å². The summed E-state index contributed by atoms with van der Waals surface area (Å²) in [5, 5.41) is 12.7. The molecule has 1 heterocycles. The molecular formula is C14H21NO2. The fourth-order valence-corrected chi connectivity index (χ4v) is 2.34. The maximum absolute atomic E-state index is 9.38. The van der Waals surface area contributed by atoms with Crippen LogP contribution in [0.1, 0.15) is 36.6 Å². The lowest BCUT2D eigenvalue weighted by atomic mass is 9.92. The Labute approximate surface area is 103 Å². The third kappa shape index (κ3) is 2.61. The van der Waals surface area contributed by atoms with Crippen LogP contribution >= 0.6 is 0 Å². The highest BCUT2D eigenvalue weighted by Crippen LogP contribution is 2.30. The van der Waals surface area contributed by atoms with Gasteiger partial charge in [-0.15, -0.1) is 0 Å². The van der Waals surface area contributed by atoms with Crippen molar-refractivity contribution in [3.8, 4) is 5.75 Å². The molecule has 2 N–H and O–H groups in total. The Morgan fingerprint density at radius 3 is 2.88 bits per heavy atom. The third-order valence-corrected chi connectivity index (χ3v) is 3.14. The van der Waals surface area contributed by atoms with Crippen molar-refractivity contribution in [3.05, 3.63) is 28.8 Å². The summed E-state index contributed by atoms with van der Waals surface area (Å²) in [5.41, 5.74) is 3.69. The number of ether oxygens (including phenoxy) is 1. The van der Waals surface area contributed by atoms with E-state index >= 15 is 0 Å². The van der Waals surface area contributed by atoms with Crippen LogP contribution in [0.4, 0.5) is 0 Å². The van der Waals surface area contributed by atoms with E-state index in [2.05, 4.69) is 24.4 Å². The highest BCUT2D eigenvalue weighted by atomic mass is 16.5. The Hall–Kier alpha value is -1.06. The van der Waals surface area contributed by atoms with Gasteiger partial charge in [0.2, 0.25) is 0 Å². The summed E-state index contributed by atoms with van der Waals surface area (Å²) in [6, 6.07) is 4.32. The number of aliphatic hydroxyl groups excluding tert-OH is 1. The summed E-state index contributed by atoms with van der Waals surface area (Å²) in [6.07, 6.45) is 1.20. The van der Waals surface area contributed by atoms with Crippen LogP contribution in [-0.4, -0.2) is 24.4 Å². The van der Waals surface area contributed by atoms with Crippen molar-refractivity contribution in [2.24, 2.45) is 0 Å². The Morgan fingerprint density at radius 1 is 1.47 bits per heavy atom. The standard InChI is InChI=1S/C14H21NO2/c1-9(2)17-14-7-12-11(6-10(14)3)4-5-15-13(12)8-16/h6-7,9,13,15-16H,4-5,8H2,1-3H3. The molecule has 0 bridgehead atoms. The highest BCUT2D eigenvalue weighted by molar-refractivity contribution is 5.44. The first kappa shape index (κ1) is 12.4. The van der Waals surface area contributed by atoms with E-state index in [1.165, 1.54) is 16.7 Å². The molecule has 1 aromatic carbocycles. The van der Waals surface area contributed by atoms with E-state index in [1.807, 2.05) is 13.8 Å². The van der Waals surface area contributed by atoms with Gasteiger partial charge in [-0.3, -0.25) is 0 Å². The summed E-state index contributed by atoms with van der Waals surface area (Å²) in [4.78, 5) is 0. The van der Waals surface area contributed by atoms with Crippen LogP contribution in [0.3, 0.4) is 0 Å². The molecule has 1 unspecified atom stereocenters. The predicted octanol–water partition coefficient (Wildman–Crippen LogP) is 1.96.